The number of hydrogen-bond donors (Lipinski definition) is 2. The third kappa shape index (κ3) is 2.58. The zero-order valence-electron chi connectivity index (χ0n) is 10.2. The average molecular weight is 210 g/mol. The zero-order chi connectivity index (χ0) is 11.4. The number of nitrogens with two attached hydrogens (primary N) is 1. The quantitative estimate of drug-likeness (QED) is 0.766. The van der Waals surface area contributed by atoms with E-state index in [0.29, 0.717) is 12.6 Å². The first-order valence-corrected chi connectivity index (χ1v) is 5.59. The highest BCUT2D eigenvalue weighted by Crippen LogP contribution is 2.20. The van der Waals surface area contributed by atoms with Gasteiger partial charge < -0.3 is 11.1 Å². The molecule has 0 spiro atoms. The highest BCUT2D eigenvalue weighted by Gasteiger charge is 2.15. The maximum absolute atomic E-state index is 5.48. The first-order chi connectivity index (χ1) is 7.11. The minimum absolute atomic E-state index is 0.328. The van der Waals surface area contributed by atoms with Crippen molar-refractivity contribution in [2.24, 2.45) is 5.73 Å². The normalized spacial score (nSPS) is 13.1. The monoisotopic (exact) mass is 210 g/mol. The molecule has 1 atom stereocenters. The van der Waals surface area contributed by atoms with Gasteiger partial charge in [-0.15, -0.1) is 0 Å². The fourth-order valence-corrected chi connectivity index (χ4v) is 2.05. The van der Waals surface area contributed by atoms with E-state index in [1.165, 1.54) is 11.3 Å². The minimum Gasteiger partial charge on any atom is -0.329 e. The van der Waals surface area contributed by atoms with Crippen molar-refractivity contribution in [2.45, 2.75) is 40.3 Å². The molecule has 0 aliphatic carbocycles. The topological polar surface area (TPSA) is 55.9 Å². The first-order valence-electron chi connectivity index (χ1n) is 5.59. The van der Waals surface area contributed by atoms with Crippen LogP contribution in [-0.4, -0.2) is 22.9 Å². The lowest BCUT2D eigenvalue weighted by Gasteiger charge is -2.14. The second-order valence-corrected chi connectivity index (χ2v) is 3.86. The number of hydrogen-bond acceptors (Lipinski definition) is 3. The van der Waals surface area contributed by atoms with E-state index in [0.717, 1.165) is 18.8 Å². The van der Waals surface area contributed by atoms with Crippen molar-refractivity contribution in [1.82, 2.24) is 15.1 Å². The Kier molecular flexibility index (Phi) is 4.29. The molecule has 1 unspecified atom stereocenters. The van der Waals surface area contributed by atoms with Gasteiger partial charge in [0.2, 0.25) is 0 Å². The molecule has 1 aromatic heterocycles. The predicted octanol–water partition coefficient (Wildman–Crippen LogP) is 1.13. The Bertz CT molecular complexity index is 317. The molecule has 4 heteroatoms. The second kappa shape index (κ2) is 5.28. The van der Waals surface area contributed by atoms with Gasteiger partial charge in [0.1, 0.15) is 0 Å². The largest absolute Gasteiger partial charge is 0.329 e. The van der Waals surface area contributed by atoms with Crippen molar-refractivity contribution in [3.8, 4) is 0 Å². The summed E-state index contributed by atoms with van der Waals surface area (Å²) in [5, 5.41) is 7.89. The highest BCUT2D eigenvalue weighted by atomic mass is 15.3. The predicted molar refractivity (Wildman–Crippen MR) is 62.8 cm³/mol. The molecule has 1 heterocycles. The summed E-state index contributed by atoms with van der Waals surface area (Å²) >= 11 is 0. The van der Waals surface area contributed by atoms with E-state index in [1.807, 2.05) is 4.68 Å². The van der Waals surface area contributed by atoms with E-state index < -0.39 is 0 Å². The summed E-state index contributed by atoms with van der Waals surface area (Å²) in [6.07, 6.45) is 0. The fraction of sp³-hybridized carbons (Fsp3) is 0.727. The van der Waals surface area contributed by atoms with Crippen molar-refractivity contribution in [1.29, 1.82) is 0 Å². The van der Waals surface area contributed by atoms with E-state index in [9.17, 15) is 0 Å². The molecule has 1 rings (SSSR count). The number of rotatable bonds is 5. The second-order valence-electron chi connectivity index (χ2n) is 3.86. The van der Waals surface area contributed by atoms with Crippen LogP contribution in [0.4, 0.5) is 0 Å². The van der Waals surface area contributed by atoms with Crippen LogP contribution in [0.2, 0.25) is 0 Å². The number of nitrogens with zero attached hydrogens (tertiary/aromatic N) is 2. The Balaban J connectivity index is 2.87. The van der Waals surface area contributed by atoms with Gasteiger partial charge in [0.15, 0.2) is 0 Å². The highest BCUT2D eigenvalue weighted by molar-refractivity contribution is 5.27. The maximum Gasteiger partial charge on any atom is 0.0644 e. The van der Waals surface area contributed by atoms with Gasteiger partial charge in [-0.1, -0.05) is 0 Å². The van der Waals surface area contributed by atoms with E-state index >= 15 is 0 Å². The van der Waals surface area contributed by atoms with Crippen LogP contribution in [0.5, 0.6) is 0 Å². The molecule has 3 N–H and O–H groups in total. The van der Waals surface area contributed by atoms with Gasteiger partial charge in [-0.05, 0) is 27.7 Å². The van der Waals surface area contributed by atoms with E-state index in [1.54, 1.807) is 0 Å². The molecule has 0 aliphatic heterocycles. The average Bonchev–Trinajstić information content (AvgIpc) is 2.50. The summed E-state index contributed by atoms with van der Waals surface area (Å²) in [7, 11) is 0. The van der Waals surface area contributed by atoms with E-state index in [4.69, 9.17) is 5.73 Å². The van der Waals surface area contributed by atoms with Crippen LogP contribution < -0.4 is 11.1 Å². The molecule has 0 fully saturated rings. The Morgan fingerprint density at radius 1 is 1.47 bits per heavy atom. The van der Waals surface area contributed by atoms with Gasteiger partial charge in [0.05, 0.1) is 5.69 Å². The SMILES string of the molecule is CCn1nc(C)c(C(C)NCCN)c1C. The molecule has 0 radical (unpaired) electrons. The molecule has 0 saturated carbocycles. The van der Waals surface area contributed by atoms with Crippen LogP contribution in [0.3, 0.4) is 0 Å². The fourth-order valence-electron chi connectivity index (χ4n) is 2.05. The van der Waals surface area contributed by atoms with Crippen LogP contribution in [-0.2, 0) is 6.54 Å². The maximum atomic E-state index is 5.48. The van der Waals surface area contributed by atoms with Gasteiger partial charge >= 0.3 is 0 Å². The molecule has 0 bridgehead atoms. The number of aryl methyl sites for hydroxylation is 2. The van der Waals surface area contributed by atoms with Crippen LogP contribution >= 0.6 is 0 Å². The van der Waals surface area contributed by atoms with Gasteiger partial charge in [-0.25, -0.2) is 0 Å². The number of nitrogens with one attached hydrogen (secondary N) is 1. The Labute approximate surface area is 91.8 Å². The van der Waals surface area contributed by atoms with Crippen LogP contribution in [0, 0.1) is 13.8 Å². The molecule has 0 aliphatic rings. The van der Waals surface area contributed by atoms with Gasteiger partial charge in [0.25, 0.3) is 0 Å². The van der Waals surface area contributed by atoms with Crippen LogP contribution in [0.15, 0.2) is 0 Å². The lowest BCUT2D eigenvalue weighted by Crippen LogP contribution is -2.26. The zero-order valence-corrected chi connectivity index (χ0v) is 10.2. The molecule has 0 amide bonds. The smallest absolute Gasteiger partial charge is 0.0644 e. The molecule has 15 heavy (non-hydrogen) atoms. The summed E-state index contributed by atoms with van der Waals surface area (Å²) in [6, 6.07) is 0.328. The summed E-state index contributed by atoms with van der Waals surface area (Å²) in [5.74, 6) is 0. The van der Waals surface area contributed by atoms with Gasteiger partial charge in [0, 0.05) is 36.9 Å². The Morgan fingerprint density at radius 3 is 2.60 bits per heavy atom. The Hall–Kier alpha value is -0.870. The van der Waals surface area contributed by atoms with Crippen molar-refractivity contribution < 1.29 is 0 Å². The third-order valence-electron chi connectivity index (χ3n) is 2.76. The van der Waals surface area contributed by atoms with Crippen LogP contribution in [0.1, 0.15) is 36.8 Å². The lowest BCUT2D eigenvalue weighted by molar-refractivity contribution is 0.573. The molecular formula is C11H22N4. The van der Waals surface area contributed by atoms with Crippen LogP contribution in [0.25, 0.3) is 0 Å². The molecular weight excluding hydrogens is 188 g/mol. The summed E-state index contributed by atoms with van der Waals surface area (Å²) < 4.78 is 2.05. The Morgan fingerprint density at radius 2 is 2.13 bits per heavy atom. The van der Waals surface area contributed by atoms with Gasteiger partial charge in [-0.2, -0.15) is 5.10 Å². The summed E-state index contributed by atoms with van der Waals surface area (Å²) in [5.41, 5.74) is 9.16. The number of aromatic nitrogens is 2. The molecule has 0 aromatic carbocycles. The standard InChI is InChI=1S/C11H22N4/c1-5-15-10(4)11(9(3)14-15)8(2)13-7-6-12/h8,13H,5-7,12H2,1-4H3. The first kappa shape index (κ1) is 12.2. The van der Waals surface area contributed by atoms with E-state index in [-0.39, 0.29) is 0 Å². The third-order valence-corrected chi connectivity index (χ3v) is 2.76. The lowest BCUT2D eigenvalue weighted by atomic mass is 10.1. The summed E-state index contributed by atoms with van der Waals surface area (Å²) in [4.78, 5) is 0. The molecule has 0 saturated heterocycles. The van der Waals surface area contributed by atoms with E-state index in [2.05, 4.69) is 38.1 Å². The molecule has 1 aromatic rings. The van der Waals surface area contributed by atoms with Crippen molar-refractivity contribution in [3.05, 3.63) is 17.0 Å². The molecule has 86 valence electrons. The summed E-state index contributed by atoms with van der Waals surface area (Å²) in [6.45, 7) is 10.9. The van der Waals surface area contributed by atoms with Crippen molar-refractivity contribution in [2.75, 3.05) is 13.1 Å². The van der Waals surface area contributed by atoms with Crippen molar-refractivity contribution in [3.63, 3.8) is 0 Å². The minimum atomic E-state index is 0.328. The molecule has 4 nitrogen and oxygen atoms in total. The van der Waals surface area contributed by atoms with Crippen molar-refractivity contribution >= 4 is 0 Å². The van der Waals surface area contributed by atoms with Gasteiger partial charge in [-0.3, -0.25) is 4.68 Å².